The van der Waals surface area contributed by atoms with Crippen LogP contribution in [0.5, 0.6) is 0 Å². The first-order valence-electron chi connectivity index (χ1n) is 10.1. The van der Waals surface area contributed by atoms with E-state index in [9.17, 15) is 9.59 Å². The highest BCUT2D eigenvalue weighted by molar-refractivity contribution is 5.94. The van der Waals surface area contributed by atoms with Gasteiger partial charge in [0.15, 0.2) is 0 Å². The number of allylic oxidation sites excluding steroid dienone is 2. The summed E-state index contributed by atoms with van der Waals surface area (Å²) in [6, 6.07) is 5.55. The van der Waals surface area contributed by atoms with Gasteiger partial charge in [0.1, 0.15) is 11.3 Å². The number of hydrogen-bond donors (Lipinski definition) is 0. The molecule has 0 fully saturated rings. The molecule has 0 saturated heterocycles. The van der Waals surface area contributed by atoms with Crippen LogP contribution >= 0.6 is 0 Å². The molecule has 1 aliphatic carbocycles. The van der Waals surface area contributed by atoms with Crippen LogP contribution < -0.4 is 5.43 Å². The quantitative estimate of drug-likeness (QED) is 0.618. The third-order valence-electron chi connectivity index (χ3n) is 5.28. The van der Waals surface area contributed by atoms with Crippen molar-refractivity contribution in [3.63, 3.8) is 0 Å². The Morgan fingerprint density at radius 1 is 1.21 bits per heavy atom. The summed E-state index contributed by atoms with van der Waals surface area (Å²) >= 11 is 0. The van der Waals surface area contributed by atoms with Gasteiger partial charge in [-0.25, -0.2) is 9.48 Å². The van der Waals surface area contributed by atoms with Crippen molar-refractivity contribution in [1.29, 1.82) is 0 Å². The molecule has 29 heavy (non-hydrogen) atoms. The van der Waals surface area contributed by atoms with Crippen LogP contribution in [0.2, 0.25) is 0 Å². The molecule has 0 aliphatic heterocycles. The zero-order valence-corrected chi connectivity index (χ0v) is 16.7. The number of esters is 1. The minimum Gasteiger partial charge on any atom is -0.462 e. The van der Waals surface area contributed by atoms with E-state index in [-0.39, 0.29) is 17.6 Å². The minimum absolute atomic E-state index is 0.0463. The van der Waals surface area contributed by atoms with Crippen molar-refractivity contribution in [3.05, 3.63) is 58.1 Å². The highest BCUT2D eigenvalue weighted by atomic mass is 16.5. The topological polar surface area (TPSA) is 79.0 Å². The van der Waals surface area contributed by atoms with Crippen molar-refractivity contribution < 1.29 is 9.53 Å². The smallest absolute Gasteiger partial charge is 0.343 e. The molecule has 0 spiro atoms. The van der Waals surface area contributed by atoms with Crippen LogP contribution in [0.25, 0.3) is 22.2 Å². The standard InChI is InChI=1S/C22H24N4O3/c1-3-25-13-18(22(28)29-4-2)21(27)17-12-16(10-11-20(17)25)26-14-19(23-24-26)15-8-6-5-7-9-15/h8,10-14H,3-7,9H2,1-2H3. The van der Waals surface area contributed by atoms with Crippen molar-refractivity contribution in [2.75, 3.05) is 6.61 Å². The van der Waals surface area contributed by atoms with Gasteiger partial charge in [-0.05, 0) is 63.3 Å². The summed E-state index contributed by atoms with van der Waals surface area (Å²) in [5, 5.41) is 9.02. The van der Waals surface area contributed by atoms with Gasteiger partial charge in [-0.3, -0.25) is 4.79 Å². The normalized spacial score (nSPS) is 14.1. The predicted octanol–water partition coefficient (Wildman–Crippen LogP) is 3.74. The lowest BCUT2D eigenvalue weighted by molar-refractivity contribution is 0.0524. The van der Waals surface area contributed by atoms with Gasteiger partial charge in [0.2, 0.25) is 5.43 Å². The van der Waals surface area contributed by atoms with Crippen molar-refractivity contribution >= 4 is 22.4 Å². The predicted molar refractivity (Wildman–Crippen MR) is 111 cm³/mol. The molecule has 0 bridgehead atoms. The van der Waals surface area contributed by atoms with E-state index in [1.54, 1.807) is 23.9 Å². The molecule has 7 heteroatoms. The summed E-state index contributed by atoms with van der Waals surface area (Å²) in [7, 11) is 0. The van der Waals surface area contributed by atoms with Crippen LogP contribution in [0.1, 0.15) is 55.6 Å². The number of rotatable bonds is 5. The maximum atomic E-state index is 13.0. The number of aryl methyl sites for hydroxylation is 1. The molecule has 150 valence electrons. The molecule has 3 aromatic rings. The fourth-order valence-electron chi connectivity index (χ4n) is 3.75. The van der Waals surface area contributed by atoms with Gasteiger partial charge in [0.05, 0.1) is 24.0 Å². The highest BCUT2D eigenvalue weighted by Gasteiger charge is 2.17. The molecular formula is C22H24N4O3. The first-order valence-corrected chi connectivity index (χ1v) is 10.1. The summed E-state index contributed by atoms with van der Waals surface area (Å²) in [6.45, 7) is 4.54. The Kier molecular flexibility index (Phi) is 5.29. The van der Waals surface area contributed by atoms with Gasteiger partial charge < -0.3 is 9.30 Å². The summed E-state index contributed by atoms with van der Waals surface area (Å²) in [4.78, 5) is 25.2. The van der Waals surface area contributed by atoms with Crippen LogP contribution in [0.15, 0.2) is 41.5 Å². The van der Waals surface area contributed by atoms with Crippen molar-refractivity contribution in [2.45, 2.75) is 46.1 Å². The van der Waals surface area contributed by atoms with E-state index in [1.807, 2.05) is 29.8 Å². The average molecular weight is 392 g/mol. The van der Waals surface area contributed by atoms with Gasteiger partial charge in [-0.15, -0.1) is 5.10 Å². The van der Waals surface area contributed by atoms with E-state index in [0.29, 0.717) is 11.9 Å². The molecule has 0 radical (unpaired) electrons. The number of pyridine rings is 1. The minimum atomic E-state index is -0.598. The Morgan fingerprint density at radius 2 is 2.07 bits per heavy atom. The van der Waals surface area contributed by atoms with E-state index in [2.05, 4.69) is 16.4 Å². The zero-order chi connectivity index (χ0) is 20.4. The SMILES string of the molecule is CCOC(=O)c1cn(CC)c2ccc(-n3cc(C4=CCCCC4)nn3)cc2c1=O. The number of carbonyl (C=O) groups excluding carboxylic acids is 1. The van der Waals surface area contributed by atoms with Crippen LogP contribution in [0.4, 0.5) is 0 Å². The number of benzene rings is 1. The first kappa shape index (κ1) is 19.1. The molecular weight excluding hydrogens is 368 g/mol. The Morgan fingerprint density at radius 3 is 2.79 bits per heavy atom. The number of aromatic nitrogens is 4. The fourth-order valence-corrected chi connectivity index (χ4v) is 3.75. The summed E-state index contributed by atoms with van der Waals surface area (Å²) in [5.41, 5.74) is 3.31. The third kappa shape index (κ3) is 3.60. The van der Waals surface area contributed by atoms with Crippen LogP contribution in [0, 0.1) is 0 Å². The van der Waals surface area contributed by atoms with Gasteiger partial charge in [-0.1, -0.05) is 11.3 Å². The van der Waals surface area contributed by atoms with Crippen molar-refractivity contribution in [2.24, 2.45) is 0 Å². The Bertz CT molecular complexity index is 1160. The molecule has 0 amide bonds. The third-order valence-corrected chi connectivity index (χ3v) is 5.28. The maximum Gasteiger partial charge on any atom is 0.343 e. The lowest BCUT2D eigenvalue weighted by Gasteiger charge is -2.12. The zero-order valence-electron chi connectivity index (χ0n) is 16.7. The number of ether oxygens (including phenoxy) is 1. The maximum absolute atomic E-state index is 13.0. The molecule has 1 aromatic carbocycles. The van der Waals surface area contributed by atoms with Crippen LogP contribution in [-0.4, -0.2) is 32.1 Å². The molecule has 0 unspecified atom stereocenters. The van der Waals surface area contributed by atoms with E-state index in [1.165, 1.54) is 18.4 Å². The lowest BCUT2D eigenvalue weighted by Crippen LogP contribution is -2.21. The molecule has 1 aliphatic rings. The van der Waals surface area contributed by atoms with Gasteiger partial charge in [0, 0.05) is 18.1 Å². The van der Waals surface area contributed by atoms with E-state index in [4.69, 9.17) is 4.74 Å². The molecule has 4 rings (SSSR count). The van der Waals surface area contributed by atoms with Crippen molar-refractivity contribution in [1.82, 2.24) is 19.6 Å². The van der Waals surface area contributed by atoms with Crippen LogP contribution in [0.3, 0.4) is 0 Å². The second-order valence-corrected chi connectivity index (χ2v) is 7.10. The fraction of sp³-hybridized carbons (Fsp3) is 0.364. The highest BCUT2D eigenvalue weighted by Crippen LogP contribution is 2.26. The number of fused-ring (bicyclic) bond motifs is 1. The van der Waals surface area contributed by atoms with Gasteiger partial charge in [-0.2, -0.15) is 0 Å². The van der Waals surface area contributed by atoms with Gasteiger partial charge in [0.25, 0.3) is 0 Å². The Hall–Kier alpha value is -3.22. The summed E-state index contributed by atoms with van der Waals surface area (Å²) in [6.07, 6.45) is 10.2. The Labute approximate surface area is 168 Å². The molecule has 2 heterocycles. The molecule has 7 nitrogen and oxygen atoms in total. The number of nitrogens with zero attached hydrogens (tertiary/aromatic N) is 4. The largest absolute Gasteiger partial charge is 0.462 e. The van der Waals surface area contributed by atoms with E-state index < -0.39 is 5.97 Å². The number of hydrogen-bond acceptors (Lipinski definition) is 5. The number of carbonyl (C=O) groups is 1. The van der Waals surface area contributed by atoms with E-state index >= 15 is 0 Å². The first-order chi connectivity index (χ1) is 14.1. The Balaban J connectivity index is 1.80. The lowest BCUT2D eigenvalue weighted by atomic mass is 9.98. The monoisotopic (exact) mass is 392 g/mol. The van der Waals surface area contributed by atoms with Crippen molar-refractivity contribution in [3.8, 4) is 5.69 Å². The second kappa shape index (κ2) is 8.03. The molecule has 0 atom stereocenters. The molecule has 0 saturated carbocycles. The van der Waals surface area contributed by atoms with Gasteiger partial charge >= 0.3 is 5.97 Å². The molecule has 0 N–H and O–H groups in total. The average Bonchev–Trinajstić information content (AvgIpc) is 3.25. The van der Waals surface area contributed by atoms with E-state index in [0.717, 1.165) is 29.7 Å². The molecule has 2 aromatic heterocycles. The summed E-state index contributed by atoms with van der Waals surface area (Å²) < 4.78 is 8.62. The summed E-state index contributed by atoms with van der Waals surface area (Å²) in [5.74, 6) is -0.598. The second-order valence-electron chi connectivity index (χ2n) is 7.10. The van der Waals surface area contributed by atoms with Crippen LogP contribution in [-0.2, 0) is 11.3 Å².